The number of carbonyl (C=O) groups excluding carboxylic acids is 1. The third kappa shape index (κ3) is 3.72. The molecule has 23 heavy (non-hydrogen) atoms. The Balaban J connectivity index is 1.63. The van der Waals surface area contributed by atoms with Gasteiger partial charge in [0, 0.05) is 36.8 Å². The minimum absolute atomic E-state index is 0.180. The fourth-order valence-electron chi connectivity index (χ4n) is 2.68. The van der Waals surface area contributed by atoms with Gasteiger partial charge in [-0.25, -0.2) is 4.98 Å². The van der Waals surface area contributed by atoms with Crippen molar-refractivity contribution in [2.24, 2.45) is 0 Å². The average Bonchev–Trinajstić information content (AvgIpc) is 3.18. The Bertz CT molecular complexity index is 668. The molecule has 0 saturated carbocycles. The Labute approximate surface area is 134 Å². The summed E-state index contributed by atoms with van der Waals surface area (Å²) in [6.45, 7) is 0.995. The second-order valence-electron chi connectivity index (χ2n) is 5.45. The van der Waals surface area contributed by atoms with Crippen molar-refractivity contribution in [1.82, 2.24) is 19.7 Å². The van der Waals surface area contributed by atoms with E-state index < -0.39 is 11.9 Å². The van der Waals surface area contributed by atoms with Crippen LogP contribution in [0.25, 0.3) is 0 Å². The highest BCUT2D eigenvalue weighted by Crippen LogP contribution is 2.29. The van der Waals surface area contributed by atoms with Crippen LogP contribution >= 0.6 is 11.3 Å². The number of halogens is 3. The summed E-state index contributed by atoms with van der Waals surface area (Å²) in [7, 11) is 0. The minimum atomic E-state index is -4.49. The predicted molar refractivity (Wildman–Crippen MR) is 77.9 cm³/mol. The standard InChI is InChI=1S/C14H15F3N4OS/c15-14(16,17)11-3-6-21(19-11)9-12(22)20-5-1-2-10(8-20)13-18-4-7-23-13/h3-4,6-7,10H,1-2,5,8-9H2/t10-/m1/s1. The van der Waals surface area contributed by atoms with E-state index in [4.69, 9.17) is 0 Å². The van der Waals surface area contributed by atoms with E-state index in [1.54, 1.807) is 22.4 Å². The van der Waals surface area contributed by atoms with Crippen LogP contribution in [0, 0.1) is 0 Å². The number of aromatic nitrogens is 3. The lowest BCUT2D eigenvalue weighted by molar-refractivity contribution is -0.142. The Morgan fingerprint density at radius 1 is 1.43 bits per heavy atom. The van der Waals surface area contributed by atoms with Crippen LogP contribution in [0.1, 0.15) is 29.5 Å². The summed E-state index contributed by atoms with van der Waals surface area (Å²) in [5.41, 5.74) is -0.982. The maximum Gasteiger partial charge on any atom is 0.435 e. The first-order valence-corrected chi connectivity index (χ1v) is 8.09. The van der Waals surface area contributed by atoms with Gasteiger partial charge in [-0.05, 0) is 18.9 Å². The summed E-state index contributed by atoms with van der Waals surface area (Å²) in [6, 6.07) is 0.877. The second-order valence-corrected chi connectivity index (χ2v) is 6.37. The Hall–Kier alpha value is -1.90. The van der Waals surface area contributed by atoms with E-state index >= 15 is 0 Å². The molecular formula is C14H15F3N4OS. The smallest absolute Gasteiger partial charge is 0.340 e. The van der Waals surface area contributed by atoms with Crippen LogP contribution in [0.5, 0.6) is 0 Å². The van der Waals surface area contributed by atoms with Crippen LogP contribution in [-0.4, -0.2) is 38.7 Å². The molecule has 1 amide bonds. The molecule has 124 valence electrons. The van der Waals surface area contributed by atoms with Gasteiger partial charge in [-0.1, -0.05) is 0 Å². The molecule has 3 heterocycles. The van der Waals surface area contributed by atoms with Crippen molar-refractivity contribution in [2.75, 3.05) is 13.1 Å². The quantitative estimate of drug-likeness (QED) is 0.860. The Kier molecular flexibility index (Phi) is 4.38. The maximum atomic E-state index is 12.5. The van der Waals surface area contributed by atoms with E-state index in [0.29, 0.717) is 13.1 Å². The summed E-state index contributed by atoms with van der Waals surface area (Å²) < 4.78 is 38.6. The van der Waals surface area contributed by atoms with Crippen LogP contribution in [0.4, 0.5) is 13.2 Å². The largest absolute Gasteiger partial charge is 0.435 e. The monoisotopic (exact) mass is 344 g/mol. The van der Waals surface area contributed by atoms with Crippen LogP contribution in [-0.2, 0) is 17.5 Å². The third-order valence-electron chi connectivity index (χ3n) is 3.80. The normalized spacial score (nSPS) is 19.1. The average molecular weight is 344 g/mol. The summed E-state index contributed by atoms with van der Waals surface area (Å²) in [5.74, 6) is -0.0147. The Morgan fingerprint density at radius 3 is 2.91 bits per heavy atom. The topological polar surface area (TPSA) is 51.0 Å². The van der Waals surface area contributed by atoms with Gasteiger partial charge in [-0.3, -0.25) is 9.48 Å². The lowest BCUT2D eigenvalue weighted by Crippen LogP contribution is -2.40. The first-order chi connectivity index (χ1) is 10.9. The van der Waals surface area contributed by atoms with Gasteiger partial charge in [0.05, 0.1) is 5.01 Å². The molecule has 1 fully saturated rings. The SMILES string of the molecule is O=C(Cn1ccc(C(F)(F)F)n1)N1CCC[C@@H](c2nccs2)C1. The molecule has 0 radical (unpaired) electrons. The van der Waals surface area contributed by atoms with Crippen LogP contribution < -0.4 is 0 Å². The van der Waals surface area contributed by atoms with Gasteiger partial charge in [0.2, 0.25) is 5.91 Å². The number of likely N-dealkylation sites (tertiary alicyclic amines) is 1. The van der Waals surface area contributed by atoms with Crippen molar-refractivity contribution in [2.45, 2.75) is 31.5 Å². The van der Waals surface area contributed by atoms with Gasteiger partial charge in [-0.15, -0.1) is 11.3 Å². The van der Waals surface area contributed by atoms with E-state index in [0.717, 1.165) is 28.6 Å². The summed E-state index contributed by atoms with van der Waals surface area (Å²) >= 11 is 1.56. The molecule has 2 aromatic heterocycles. The lowest BCUT2D eigenvalue weighted by atomic mass is 9.99. The van der Waals surface area contributed by atoms with E-state index in [1.807, 2.05) is 5.38 Å². The number of thiazole rings is 1. The number of alkyl halides is 3. The van der Waals surface area contributed by atoms with Crippen molar-refractivity contribution in [3.63, 3.8) is 0 Å². The summed E-state index contributed by atoms with van der Waals surface area (Å²) in [5, 5.41) is 6.32. The van der Waals surface area contributed by atoms with Gasteiger partial charge < -0.3 is 4.90 Å². The van der Waals surface area contributed by atoms with E-state index in [-0.39, 0.29) is 18.4 Å². The number of hydrogen-bond acceptors (Lipinski definition) is 4. The molecule has 1 aliphatic heterocycles. The number of carbonyl (C=O) groups is 1. The molecule has 3 rings (SSSR count). The number of nitrogens with zero attached hydrogens (tertiary/aromatic N) is 4. The molecule has 5 nitrogen and oxygen atoms in total. The first-order valence-electron chi connectivity index (χ1n) is 7.21. The molecule has 0 unspecified atom stereocenters. The molecule has 2 aromatic rings. The van der Waals surface area contributed by atoms with Crippen molar-refractivity contribution in [1.29, 1.82) is 0 Å². The van der Waals surface area contributed by atoms with Gasteiger partial charge in [-0.2, -0.15) is 18.3 Å². The van der Waals surface area contributed by atoms with Crippen LogP contribution in [0.15, 0.2) is 23.8 Å². The third-order valence-corrected chi connectivity index (χ3v) is 4.74. The summed E-state index contributed by atoms with van der Waals surface area (Å²) in [6.07, 6.45) is 0.266. The maximum absolute atomic E-state index is 12.5. The van der Waals surface area contributed by atoms with Gasteiger partial charge in [0.15, 0.2) is 5.69 Å². The molecule has 1 aliphatic rings. The van der Waals surface area contributed by atoms with Crippen LogP contribution in [0.3, 0.4) is 0 Å². The highest BCUT2D eigenvalue weighted by molar-refractivity contribution is 7.09. The molecular weight excluding hydrogens is 329 g/mol. The van der Waals surface area contributed by atoms with E-state index in [2.05, 4.69) is 10.1 Å². The molecule has 0 spiro atoms. The van der Waals surface area contributed by atoms with E-state index in [9.17, 15) is 18.0 Å². The summed E-state index contributed by atoms with van der Waals surface area (Å²) in [4.78, 5) is 18.3. The fourth-order valence-corrected chi connectivity index (χ4v) is 3.45. The number of hydrogen-bond donors (Lipinski definition) is 0. The second kappa shape index (κ2) is 6.31. The predicted octanol–water partition coefficient (Wildman–Crippen LogP) is 2.76. The highest BCUT2D eigenvalue weighted by Gasteiger charge is 2.34. The van der Waals surface area contributed by atoms with Crippen molar-refractivity contribution in [3.8, 4) is 0 Å². The zero-order chi connectivity index (χ0) is 16.4. The zero-order valence-electron chi connectivity index (χ0n) is 12.2. The number of rotatable bonds is 3. The molecule has 9 heteroatoms. The zero-order valence-corrected chi connectivity index (χ0v) is 13.0. The van der Waals surface area contributed by atoms with Gasteiger partial charge in [0.25, 0.3) is 0 Å². The highest BCUT2D eigenvalue weighted by atomic mass is 32.1. The molecule has 1 saturated heterocycles. The fraction of sp³-hybridized carbons (Fsp3) is 0.500. The Morgan fingerprint density at radius 2 is 2.26 bits per heavy atom. The minimum Gasteiger partial charge on any atom is -0.340 e. The van der Waals surface area contributed by atoms with Crippen molar-refractivity contribution < 1.29 is 18.0 Å². The molecule has 0 aliphatic carbocycles. The molecule has 0 bridgehead atoms. The van der Waals surface area contributed by atoms with Gasteiger partial charge >= 0.3 is 6.18 Å². The number of amides is 1. The molecule has 0 N–H and O–H groups in total. The first kappa shape index (κ1) is 16.0. The number of piperidine rings is 1. The van der Waals surface area contributed by atoms with Crippen molar-refractivity contribution >= 4 is 17.2 Å². The van der Waals surface area contributed by atoms with Crippen LogP contribution in [0.2, 0.25) is 0 Å². The lowest BCUT2D eigenvalue weighted by Gasteiger charge is -2.31. The molecule has 1 atom stereocenters. The van der Waals surface area contributed by atoms with E-state index in [1.165, 1.54) is 6.20 Å². The van der Waals surface area contributed by atoms with Crippen molar-refractivity contribution in [3.05, 3.63) is 34.5 Å². The molecule has 0 aromatic carbocycles. The van der Waals surface area contributed by atoms with Gasteiger partial charge in [0.1, 0.15) is 6.54 Å².